The van der Waals surface area contributed by atoms with Crippen LogP contribution in [0.25, 0.3) is 0 Å². The van der Waals surface area contributed by atoms with Gasteiger partial charge < -0.3 is 10.5 Å². The summed E-state index contributed by atoms with van der Waals surface area (Å²) in [6.07, 6.45) is 7.13. The Labute approximate surface area is 97.8 Å². The molecular formula is C14H21NO. The van der Waals surface area contributed by atoms with Crippen molar-refractivity contribution in [3.05, 3.63) is 29.3 Å². The first-order chi connectivity index (χ1) is 7.92. The quantitative estimate of drug-likeness (QED) is 0.773. The zero-order valence-electron chi connectivity index (χ0n) is 9.87. The Balaban J connectivity index is 1.97. The average molecular weight is 219 g/mol. The van der Waals surface area contributed by atoms with E-state index in [0.717, 1.165) is 31.7 Å². The molecule has 0 aromatic heterocycles. The number of hydrogen-bond donors (Lipinski definition) is 1. The topological polar surface area (TPSA) is 35.2 Å². The summed E-state index contributed by atoms with van der Waals surface area (Å²) in [6.45, 7) is 1.56. The maximum Gasteiger partial charge on any atom is 0.122 e. The van der Waals surface area contributed by atoms with Gasteiger partial charge in [-0.25, -0.2) is 0 Å². The lowest BCUT2D eigenvalue weighted by atomic mass is 9.91. The van der Waals surface area contributed by atoms with Crippen LogP contribution in [0.2, 0.25) is 0 Å². The minimum atomic E-state index is 0.760. The van der Waals surface area contributed by atoms with Crippen LogP contribution in [0.15, 0.2) is 18.2 Å². The van der Waals surface area contributed by atoms with Gasteiger partial charge in [0, 0.05) is 0 Å². The van der Waals surface area contributed by atoms with E-state index in [1.165, 1.54) is 36.8 Å². The monoisotopic (exact) mass is 219 g/mol. The summed E-state index contributed by atoms with van der Waals surface area (Å²) in [6, 6.07) is 6.45. The predicted molar refractivity (Wildman–Crippen MR) is 66.9 cm³/mol. The molecule has 16 heavy (non-hydrogen) atoms. The second kappa shape index (κ2) is 5.90. The second-order valence-corrected chi connectivity index (χ2v) is 4.45. The normalized spacial score (nSPS) is 14.6. The number of hydrogen-bond acceptors (Lipinski definition) is 2. The predicted octanol–water partition coefficient (Wildman–Crippen LogP) is 2.68. The van der Waals surface area contributed by atoms with Gasteiger partial charge in [0.15, 0.2) is 0 Å². The molecule has 0 saturated heterocycles. The van der Waals surface area contributed by atoms with Crippen molar-refractivity contribution in [3.63, 3.8) is 0 Å². The molecule has 0 aliphatic heterocycles. The highest BCUT2D eigenvalue weighted by molar-refractivity contribution is 5.41. The van der Waals surface area contributed by atoms with Crippen molar-refractivity contribution < 1.29 is 4.74 Å². The standard InChI is InChI=1S/C14H21NO/c15-10-3-4-11-16-14-9-5-7-12-6-1-2-8-13(12)14/h5,7,9H,1-4,6,8,10-11,15H2. The van der Waals surface area contributed by atoms with Crippen molar-refractivity contribution in [1.29, 1.82) is 0 Å². The molecule has 0 unspecified atom stereocenters. The van der Waals surface area contributed by atoms with Gasteiger partial charge in [-0.1, -0.05) is 12.1 Å². The number of benzene rings is 1. The molecule has 0 radical (unpaired) electrons. The van der Waals surface area contributed by atoms with Gasteiger partial charge in [-0.2, -0.15) is 0 Å². The molecule has 1 aromatic carbocycles. The number of nitrogens with two attached hydrogens (primary N) is 1. The lowest BCUT2D eigenvalue weighted by molar-refractivity contribution is 0.303. The molecule has 2 N–H and O–H groups in total. The molecule has 1 aromatic rings. The van der Waals surface area contributed by atoms with E-state index in [-0.39, 0.29) is 0 Å². The third-order valence-electron chi connectivity index (χ3n) is 3.21. The van der Waals surface area contributed by atoms with Crippen LogP contribution < -0.4 is 10.5 Å². The third kappa shape index (κ3) is 2.76. The van der Waals surface area contributed by atoms with Crippen molar-refractivity contribution in [1.82, 2.24) is 0 Å². The highest BCUT2D eigenvalue weighted by Crippen LogP contribution is 2.29. The highest BCUT2D eigenvalue weighted by Gasteiger charge is 2.13. The van der Waals surface area contributed by atoms with Crippen LogP contribution in [-0.2, 0) is 12.8 Å². The molecule has 0 heterocycles. The van der Waals surface area contributed by atoms with Gasteiger partial charge in [0.05, 0.1) is 6.61 Å². The fourth-order valence-electron chi connectivity index (χ4n) is 2.31. The Kier molecular flexibility index (Phi) is 4.23. The molecule has 2 heteroatoms. The summed E-state index contributed by atoms with van der Waals surface area (Å²) in [5.41, 5.74) is 8.40. The number of unbranched alkanes of at least 4 members (excludes halogenated alkanes) is 1. The summed E-state index contributed by atoms with van der Waals surface area (Å²) < 4.78 is 5.85. The van der Waals surface area contributed by atoms with Crippen molar-refractivity contribution in [3.8, 4) is 5.75 Å². The van der Waals surface area contributed by atoms with Crippen LogP contribution in [0.4, 0.5) is 0 Å². The Hall–Kier alpha value is -1.02. The minimum absolute atomic E-state index is 0.760. The lowest BCUT2D eigenvalue weighted by Crippen LogP contribution is -2.08. The second-order valence-electron chi connectivity index (χ2n) is 4.45. The van der Waals surface area contributed by atoms with E-state index in [0.29, 0.717) is 0 Å². The van der Waals surface area contributed by atoms with Gasteiger partial charge in [0.1, 0.15) is 5.75 Å². The lowest BCUT2D eigenvalue weighted by Gasteiger charge is -2.19. The van der Waals surface area contributed by atoms with Crippen LogP contribution in [0, 0.1) is 0 Å². The molecule has 2 nitrogen and oxygen atoms in total. The zero-order valence-corrected chi connectivity index (χ0v) is 9.87. The van der Waals surface area contributed by atoms with Crippen LogP contribution in [0.3, 0.4) is 0 Å². The van der Waals surface area contributed by atoms with Gasteiger partial charge in [0.2, 0.25) is 0 Å². The van der Waals surface area contributed by atoms with Crippen LogP contribution in [0.5, 0.6) is 5.75 Å². The summed E-state index contributed by atoms with van der Waals surface area (Å²) >= 11 is 0. The maximum atomic E-state index is 5.85. The third-order valence-corrected chi connectivity index (χ3v) is 3.21. The van der Waals surface area contributed by atoms with E-state index in [1.54, 1.807) is 0 Å². The Morgan fingerprint density at radius 2 is 2.00 bits per heavy atom. The van der Waals surface area contributed by atoms with Gasteiger partial charge in [-0.3, -0.25) is 0 Å². The van der Waals surface area contributed by atoms with Crippen molar-refractivity contribution in [2.24, 2.45) is 5.73 Å². The number of ether oxygens (including phenoxy) is 1. The van der Waals surface area contributed by atoms with E-state index in [4.69, 9.17) is 10.5 Å². The van der Waals surface area contributed by atoms with Gasteiger partial charge in [-0.15, -0.1) is 0 Å². The largest absolute Gasteiger partial charge is 0.493 e. The van der Waals surface area contributed by atoms with Crippen molar-refractivity contribution in [2.75, 3.05) is 13.2 Å². The Bertz CT molecular complexity index is 336. The Morgan fingerprint density at radius 3 is 2.88 bits per heavy atom. The minimum Gasteiger partial charge on any atom is -0.493 e. The van der Waals surface area contributed by atoms with Gasteiger partial charge >= 0.3 is 0 Å². The summed E-state index contributed by atoms with van der Waals surface area (Å²) in [7, 11) is 0. The smallest absolute Gasteiger partial charge is 0.122 e. The summed E-state index contributed by atoms with van der Waals surface area (Å²) in [4.78, 5) is 0. The van der Waals surface area contributed by atoms with Gasteiger partial charge in [0.25, 0.3) is 0 Å². The van der Waals surface area contributed by atoms with Crippen LogP contribution in [-0.4, -0.2) is 13.2 Å². The Morgan fingerprint density at radius 1 is 1.12 bits per heavy atom. The van der Waals surface area contributed by atoms with Crippen molar-refractivity contribution >= 4 is 0 Å². The molecule has 1 aliphatic carbocycles. The molecular weight excluding hydrogens is 198 g/mol. The summed E-state index contributed by atoms with van der Waals surface area (Å²) in [5, 5.41) is 0. The van der Waals surface area contributed by atoms with E-state index >= 15 is 0 Å². The first kappa shape index (κ1) is 11.5. The summed E-state index contributed by atoms with van der Waals surface area (Å²) in [5.74, 6) is 1.11. The number of rotatable bonds is 5. The fraction of sp³-hybridized carbons (Fsp3) is 0.571. The molecule has 0 saturated carbocycles. The molecule has 1 aliphatic rings. The highest BCUT2D eigenvalue weighted by atomic mass is 16.5. The molecule has 2 rings (SSSR count). The zero-order chi connectivity index (χ0) is 11.2. The molecule has 0 atom stereocenters. The number of fused-ring (bicyclic) bond motifs is 1. The molecule has 0 bridgehead atoms. The SMILES string of the molecule is NCCCCOc1cccc2c1CCCC2. The first-order valence-electron chi connectivity index (χ1n) is 6.35. The van der Waals surface area contributed by atoms with E-state index < -0.39 is 0 Å². The van der Waals surface area contributed by atoms with E-state index in [1.807, 2.05) is 0 Å². The van der Waals surface area contributed by atoms with Crippen molar-refractivity contribution in [2.45, 2.75) is 38.5 Å². The van der Waals surface area contributed by atoms with Gasteiger partial charge in [-0.05, 0) is 62.3 Å². The fourth-order valence-corrected chi connectivity index (χ4v) is 2.31. The van der Waals surface area contributed by atoms with E-state index in [2.05, 4.69) is 18.2 Å². The molecule has 88 valence electrons. The first-order valence-corrected chi connectivity index (χ1v) is 6.35. The maximum absolute atomic E-state index is 5.85. The molecule has 0 fully saturated rings. The molecule has 0 spiro atoms. The van der Waals surface area contributed by atoms with Crippen LogP contribution in [0.1, 0.15) is 36.8 Å². The average Bonchev–Trinajstić information content (AvgIpc) is 2.35. The van der Waals surface area contributed by atoms with E-state index in [9.17, 15) is 0 Å². The molecule has 0 amide bonds. The van der Waals surface area contributed by atoms with Crippen LogP contribution >= 0.6 is 0 Å². The number of aryl methyl sites for hydroxylation is 1.